The highest BCUT2D eigenvalue weighted by Gasteiger charge is 2.44. The van der Waals surface area contributed by atoms with E-state index in [1.165, 1.54) is 12.7 Å². The number of hydrogen-bond donors (Lipinski definition) is 2. The first-order valence-electron chi connectivity index (χ1n) is 15.5. The van der Waals surface area contributed by atoms with Gasteiger partial charge in [-0.1, -0.05) is 50.2 Å². The molecule has 3 aromatic rings. The Morgan fingerprint density at radius 3 is 2.59 bits per heavy atom. The van der Waals surface area contributed by atoms with Crippen molar-refractivity contribution in [2.24, 2.45) is 5.92 Å². The summed E-state index contributed by atoms with van der Waals surface area (Å²) in [5.74, 6) is -0.694. The van der Waals surface area contributed by atoms with E-state index in [0.717, 1.165) is 30.4 Å². The van der Waals surface area contributed by atoms with E-state index in [2.05, 4.69) is 34.6 Å². The largest absolute Gasteiger partial charge is 0.352 e. The maximum absolute atomic E-state index is 14.1. The fourth-order valence-electron chi connectivity index (χ4n) is 6.12. The van der Waals surface area contributed by atoms with Gasteiger partial charge in [0.25, 0.3) is 11.8 Å². The van der Waals surface area contributed by atoms with Crippen molar-refractivity contribution in [1.29, 1.82) is 0 Å². The van der Waals surface area contributed by atoms with Crippen LogP contribution in [0.2, 0.25) is 0 Å². The molecule has 2 heterocycles. The van der Waals surface area contributed by atoms with Crippen LogP contribution >= 0.6 is 0 Å². The van der Waals surface area contributed by atoms with Gasteiger partial charge in [-0.3, -0.25) is 19.2 Å². The van der Waals surface area contributed by atoms with E-state index in [9.17, 15) is 19.2 Å². The molecule has 4 amide bonds. The quantitative estimate of drug-likeness (QED) is 0.464. The lowest BCUT2D eigenvalue weighted by Gasteiger charge is -2.39. The number of aromatic nitrogens is 3. The minimum atomic E-state index is -1.27. The molecule has 1 unspecified atom stereocenters. The SMILES string of the molecule is CC(C)CCN1CC(=O)NC2(CCCc3ccccc32)C(=O)NCCN(C(=O)c2ccccc2-n2cncn2)CCCC1=O. The Balaban J connectivity index is 1.46. The number of benzene rings is 2. The molecule has 11 heteroatoms. The first-order chi connectivity index (χ1) is 21.3. The van der Waals surface area contributed by atoms with Gasteiger partial charge < -0.3 is 20.4 Å². The van der Waals surface area contributed by atoms with E-state index in [-0.39, 0.29) is 49.7 Å². The number of nitrogens with zero attached hydrogens (tertiary/aromatic N) is 5. The molecule has 2 aliphatic rings. The zero-order valence-corrected chi connectivity index (χ0v) is 25.5. The molecule has 0 saturated carbocycles. The second kappa shape index (κ2) is 13.8. The van der Waals surface area contributed by atoms with Gasteiger partial charge in [-0.25, -0.2) is 9.67 Å². The van der Waals surface area contributed by atoms with Crippen LogP contribution in [0.3, 0.4) is 0 Å². The predicted octanol–water partition coefficient (Wildman–Crippen LogP) is 2.84. The standard InChI is InChI=1S/C33H41N7O4/c1-24(2)15-19-39-21-29(41)37-33(16-7-10-25-9-3-5-12-27(25)33)32(44)35-17-20-38(18-8-14-30(39)42)31(43)26-11-4-6-13-28(26)40-23-34-22-36-40/h3-6,9,11-13,22-24H,7-8,10,14-21H2,1-2H3,(H,35,44)(H,37,41). The Bertz CT molecular complexity index is 1490. The first-order valence-corrected chi connectivity index (χ1v) is 15.5. The lowest BCUT2D eigenvalue weighted by atomic mass is 9.75. The third-order valence-corrected chi connectivity index (χ3v) is 8.45. The Hall–Kier alpha value is -4.54. The van der Waals surface area contributed by atoms with Gasteiger partial charge in [-0.15, -0.1) is 0 Å². The number of para-hydroxylation sites is 1. The highest BCUT2D eigenvalue weighted by molar-refractivity contribution is 5.98. The number of carbonyl (C=O) groups is 4. The fraction of sp³-hybridized carbons (Fsp3) is 0.455. The van der Waals surface area contributed by atoms with Gasteiger partial charge in [0.1, 0.15) is 18.2 Å². The second-order valence-electron chi connectivity index (χ2n) is 12.0. The van der Waals surface area contributed by atoms with E-state index in [0.29, 0.717) is 43.1 Å². The average molecular weight is 600 g/mol. The van der Waals surface area contributed by atoms with E-state index >= 15 is 0 Å². The zero-order chi connectivity index (χ0) is 31.1. The Morgan fingerprint density at radius 2 is 1.80 bits per heavy atom. The van der Waals surface area contributed by atoms with Crippen LogP contribution in [-0.4, -0.2) is 80.9 Å². The second-order valence-corrected chi connectivity index (χ2v) is 12.0. The Labute approximate surface area is 258 Å². The maximum atomic E-state index is 14.1. The van der Waals surface area contributed by atoms with Crippen molar-refractivity contribution >= 4 is 23.6 Å². The molecule has 5 rings (SSSR count). The number of rotatable bonds is 5. The normalized spacial score (nSPS) is 20.2. The van der Waals surface area contributed by atoms with E-state index in [1.54, 1.807) is 32.7 Å². The number of nitrogens with one attached hydrogen (secondary N) is 2. The van der Waals surface area contributed by atoms with Crippen LogP contribution in [0.1, 0.15) is 67.4 Å². The molecule has 44 heavy (non-hydrogen) atoms. The molecule has 1 fully saturated rings. The predicted molar refractivity (Wildman–Crippen MR) is 165 cm³/mol. The first kappa shape index (κ1) is 30.9. The van der Waals surface area contributed by atoms with Crippen molar-refractivity contribution in [1.82, 2.24) is 35.2 Å². The summed E-state index contributed by atoms with van der Waals surface area (Å²) in [6.45, 7) is 5.19. The molecule has 1 aromatic heterocycles. The van der Waals surface area contributed by atoms with E-state index in [4.69, 9.17) is 0 Å². The number of aryl methyl sites for hydroxylation is 1. The van der Waals surface area contributed by atoms with Gasteiger partial charge in [0.15, 0.2) is 0 Å². The zero-order valence-electron chi connectivity index (χ0n) is 25.5. The average Bonchev–Trinajstić information content (AvgIpc) is 3.56. The highest BCUT2D eigenvalue weighted by atomic mass is 16.2. The molecule has 2 aromatic carbocycles. The molecule has 2 N–H and O–H groups in total. The van der Waals surface area contributed by atoms with Gasteiger partial charge >= 0.3 is 0 Å². The topological polar surface area (TPSA) is 130 Å². The number of fused-ring (bicyclic) bond motifs is 2. The van der Waals surface area contributed by atoms with Crippen LogP contribution in [0.5, 0.6) is 0 Å². The third kappa shape index (κ3) is 6.82. The summed E-state index contributed by atoms with van der Waals surface area (Å²) in [6, 6.07) is 14.9. The Morgan fingerprint density at radius 1 is 1.00 bits per heavy atom. The summed E-state index contributed by atoms with van der Waals surface area (Å²) in [5, 5.41) is 10.3. The van der Waals surface area contributed by atoms with Crippen LogP contribution in [-0.2, 0) is 26.3 Å². The summed E-state index contributed by atoms with van der Waals surface area (Å²) < 4.78 is 1.54. The molecule has 1 spiro atoms. The van der Waals surface area contributed by atoms with Crippen molar-refractivity contribution in [2.75, 3.05) is 32.7 Å². The molecule has 232 valence electrons. The molecular formula is C33H41N7O4. The number of amides is 4. The Kier molecular flexibility index (Phi) is 9.72. The molecule has 1 aliphatic heterocycles. The highest BCUT2D eigenvalue weighted by Crippen LogP contribution is 2.36. The maximum Gasteiger partial charge on any atom is 0.256 e. The van der Waals surface area contributed by atoms with Crippen LogP contribution < -0.4 is 10.6 Å². The van der Waals surface area contributed by atoms with Crippen molar-refractivity contribution in [3.63, 3.8) is 0 Å². The van der Waals surface area contributed by atoms with Crippen molar-refractivity contribution in [3.05, 3.63) is 77.9 Å². The minimum Gasteiger partial charge on any atom is -0.352 e. The summed E-state index contributed by atoms with van der Waals surface area (Å²) in [4.78, 5) is 62.3. The molecule has 1 atom stereocenters. The van der Waals surface area contributed by atoms with Gasteiger partial charge in [0, 0.05) is 32.6 Å². The van der Waals surface area contributed by atoms with Crippen molar-refractivity contribution in [3.8, 4) is 5.69 Å². The van der Waals surface area contributed by atoms with Crippen molar-refractivity contribution in [2.45, 2.75) is 57.9 Å². The molecule has 0 radical (unpaired) electrons. The number of hydrogen-bond acceptors (Lipinski definition) is 6. The van der Waals surface area contributed by atoms with Crippen LogP contribution in [0, 0.1) is 5.92 Å². The molecule has 0 bridgehead atoms. The summed E-state index contributed by atoms with van der Waals surface area (Å²) in [5.41, 5.74) is 1.57. The summed E-state index contributed by atoms with van der Waals surface area (Å²) in [6.07, 6.45) is 6.29. The lowest BCUT2D eigenvalue weighted by molar-refractivity contribution is -0.139. The van der Waals surface area contributed by atoms with Gasteiger partial charge in [-0.05, 0) is 61.3 Å². The molecule has 1 saturated heterocycles. The molecule has 1 aliphatic carbocycles. The summed E-state index contributed by atoms with van der Waals surface area (Å²) in [7, 11) is 0. The molecule has 11 nitrogen and oxygen atoms in total. The third-order valence-electron chi connectivity index (χ3n) is 8.45. The monoisotopic (exact) mass is 599 g/mol. The van der Waals surface area contributed by atoms with Gasteiger partial charge in [0.2, 0.25) is 11.8 Å². The minimum absolute atomic E-state index is 0.128. The fourth-order valence-corrected chi connectivity index (χ4v) is 6.12. The number of carbonyl (C=O) groups excluding carboxylic acids is 4. The van der Waals surface area contributed by atoms with E-state index in [1.807, 2.05) is 30.3 Å². The van der Waals surface area contributed by atoms with Gasteiger partial charge in [-0.2, -0.15) is 5.10 Å². The van der Waals surface area contributed by atoms with Crippen molar-refractivity contribution < 1.29 is 19.2 Å². The van der Waals surface area contributed by atoms with Crippen LogP contribution in [0.25, 0.3) is 5.69 Å². The van der Waals surface area contributed by atoms with Crippen LogP contribution in [0.4, 0.5) is 0 Å². The van der Waals surface area contributed by atoms with Crippen LogP contribution in [0.15, 0.2) is 61.2 Å². The molecular weight excluding hydrogens is 558 g/mol. The van der Waals surface area contributed by atoms with E-state index < -0.39 is 5.54 Å². The lowest BCUT2D eigenvalue weighted by Crippen LogP contribution is -2.60. The van der Waals surface area contributed by atoms with Gasteiger partial charge in [0.05, 0.1) is 17.8 Å². The smallest absolute Gasteiger partial charge is 0.256 e. The summed E-state index contributed by atoms with van der Waals surface area (Å²) >= 11 is 0.